The van der Waals surface area contributed by atoms with Gasteiger partial charge in [-0.15, -0.1) is 0 Å². The molecule has 1 atom stereocenters. The third-order valence-corrected chi connectivity index (χ3v) is 1.73. The molecule has 4 N–H and O–H groups in total. The van der Waals surface area contributed by atoms with E-state index < -0.39 is 24.0 Å². The summed E-state index contributed by atoms with van der Waals surface area (Å²) in [4.78, 5) is 21.8. The molecule has 8 heteroatoms. The lowest BCUT2D eigenvalue weighted by Crippen LogP contribution is -2.50. The molecule has 0 rings (SSSR count). The molecule has 0 aromatic carbocycles. The van der Waals surface area contributed by atoms with Crippen molar-refractivity contribution < 1.29 is 22.8 Å². The van der Waals surface area contributed by atoms with E-state index in [1.807, 2.05) is 0 Å². The number of amides is 2. The molecule has 0 saturated heterocycles. The minimum Gasteiger partial charge on any atom is -0.353 e. The van der Waals surface area contributed by atoms with Crippen molar-refractivity contribution in [1.82, 2.24) is 10.6 Å². The van der Waals surface area contributed by atoms with E-state index in [2.05, 4.69) is 5.32 Å². The second-order valence-corrected chi connectivity index (χ2v) is 3.01. The molecule has 0 aliphatic rings. The molecule has 0 bridgehead atoms. The SMILES string of the molecule is CCC(NC(=O)C(F)(F)F)C(=O)NCCN. The van der Waals surface area contributed by atoms with E-state index in [4.69, 9.17) is 5.73 Å². The fourth-order valence-electron chi connectivity index (χ4n) is 0.912. The Labute approximate surface area is 90.6 Å². The summed E-state index contributed by atoms with van der Waals surface area (Å²) in [5.74, 6) is -2.80. The average Bonchev–Trinajstić information content (AvgIpc) is 2.20. The third kappa shape index (κ3) is 4.96. The van der Waals surface area contributed by atoms with Crippen molar-refractivity contribution in [1.29, 1.82) is 0 Å². The quantitative estimate of drug-likeness (QED) is 0.607. The van der Waals surface area contributed by atoms with Crippen LogP contribution < -0.4 is 16.4 Å². The van der Waals surface area contributed by atoms with Gasteiger partial charge in [-0.05, 0) is 6.42 Å². The van der Waals surface area contributed by atoms with Crippen molar-refractivity contribution >= 4 is 11.8 Å². The number of nitrogens with two attached hydrogens (primary N) is 1. The van der Waals surface area contributed by atoms with Gasteiger partial charge in [0.1, 0.15) is 6.04 Å². The van der Waals surface area contributed by atoms with E-state index in [0.29, 0.717) is 0 Å². The molecule has 0 spiro atoms. The largest absolute Gasteiger partial charge is 0.471 e. The second-order valence-electron chi connectivity index (χ2n) is 3.01. The predicted octanol–water partition coefficient (Wildman–Crippen LogP) is -0.482. The Morgan fingerprint density at radius 1 is 1.38 bits per heavy atom. The molecular weight excluding hydrogens is 227 g/mol. The summed E-state index contributed by atoms with van der Waals surface area (Å²) in [7, 11) is 0. The van der Waals surface area contributed by atoms with Crippen LogP contribution in [0.2, 0.25) is 0 Å². The maximum absolute atomic E-state index is 11.9. The lowest BCUT2D eigenvalue weighted by molar-refractivity contribution is -0.174. The van der Waals surface area contributed by atoms with Crippen LogP contribution in [-0.4, -0.2) is 37.1 Å². The molecule has 0 aliphatic carbocycles. The molecule has 0 radical (unpaired) electrons. The molecular formula is C8H14F3N3O2. The highest BCUT2D eigenvalue weighted by Crippen LogP contribution is 2.14. The van der Waals surface area contributed by atoms with Gasteiger partial charge in [-0.2, -0.15) is 13.2 Å². The van der Waals surface area contributed by atoms with Gasteiger partial charge in [0.15, 0.2) is 0 Å². The van der Waals surface area contributed by atoms with Gasteiger partial charge in [-0.1, -0.05) is 6.92 Å². The van der Waals surface area contributed by atoms with E-state index in [9.17, 15) is 22.8 Å². The van der Waals surface area contributed by atoms with Crippen molar-refractivity contribution in [2.24, 2.45) is 5.73 Å². The summed E-state index contributed by atoms with van der Waals surface area (Å²) in [6.45, 7) is 1.82. The van der Waals surface area contributed by atoms with Crippen molar-refractivity contribution in [2.75, 3.05) is 13.1 Å². The van der Waals surface area contributed by atoms with Crippen molar-refractivity contribution in [3.8, 4) is 0 Å². The monoisotopic (exact) mass is 241 g/mol. The van der Waals surface area contributed by atoms with Crippen LogP contribution in [0.4, 0.5) is 13.2 Å². The van der Waals surface area contributed by atoms with Crippen molar-refractivity contribution in [2.45, 2.75) is 25.6 Å². The number of halogens is 3. The van der Waals surface area contributed by atoms with Crippen molar-refractivity contribution in [3.63, 3.8) is 0 Å². The van der Waals surface area contributed by atoms with E-state index in [-0.39, 0.29) is 19.5 Å². The number of carbonyl (C=O) groups is 2. The van der Waals surface area contributed by atoms with Crippen LogP contribution >= 0.6 is 0 Å². The Morgan fingerprint density at radius 3 is 2.31 bits per heavy atom. The Hall–Kier alpha value is -1.31. The van der Waals surface area contributed by atoms with Crippen LogP contribution in [0.1, 0.15) is 13.3 Å². The number of rotatable bonds is 5. The molecule has 1 unspecified atom stereocenters. The van der Waals surface area contributed by atoms with Crippen molar-refractivity contribution in [3.05, 3.63) is 0 Å². The van der Waals surface area contributed by atoms with Gasteiger partial charge in [0.25, 0.3) is 0 Å². The van der Waals surface area contributed by atoms with Crippen LogP contribution in [0.25, 0.3) is 0 Å². The van der Waals surface area contributed by atoms with Gasteiger partial charge in [0.2, 0.25) is 5.91 Å². The maximum atomic E-state index is 11.9. The number of nitrogens with one attached hydrogen (secondary N) is 2. The second kappa shape index (κ2) is 6.31. The van der Waals surface area contributed by atoms with Crippen LogP contribution in [0.15, 0.2) is 0 Å². The van der Waals surface area contributed by atoms with E-state index in [1.165, 1.54) is 6.92 Å². The number of alkyl halides is 3. The molecule has 0 saturated carbocycles. The smallest absolute Gasteiger partial charge is 0.353 e. The first-order chi connectivity index (χ1) is 7.32. The molecule has 0 aliphatic heterocycles. The van der Waals surface area contributed by atoms with E-state index >= 15 is 0 Å². The van der Waals surface area contributed by atoms with Crippen LogP contribution in [-0.2, 0) is 9.59 Å². The minimum absolute atomic E-state index is 0.0677. The first-order valence-corrected chi connectivity index (χ1v) is 4.68. The lowest BCUT2D eigenvalue weighted by atomic mass is 10.2. The predicted molar refractivity (Wildman–Crippen MR) is 50.3 cm³/mol. The first kappa shape index (κ1) is 14.7. The van der Waals surface area contributed by atoms with Gasteiger partial charge >= 0.3 is 12.1 Å². The Kier molecular flexibility index (Phi) is 5.79. The zero-order valence-electron chi connectivity index (χ0n) is 8.73. The third-order valence-electron chi connectivity index (χ3n) is 1.73. The molecule has 0 fully saturated rings. The summed E-state index contributed by atoms with van der Waals surface area (Å²) in [6, 6.07) is -1.19. The van der Waals surface area contributed by atoms with Crippen LogP contribution in [0, 0.1) is 0 Å². The summed E-state index contributed by atoms with van der Waals surface area (Å²) in [6.07, 6.45) is -4.92. The average molecular weight is 241 g/mol. The fraction of sp³-hybridized carbons (Fsp3) is 0.750. The molecule has 0 heterocycles. The highest BCUT2D eigenvalue weighted by molar-refractivity contribution is 5.89. The van der Waals surface area contributed by atoms with Crippen LogP contribution in [0.5, 0.6) is 0 Å². The highest BCUT2D eigenvalue weighted by atomic mass is 19.4. The van der Waals surface area contributed by atoms with Gasteiger partial charge in [-0.3, -0.25) is 9.59 Å². The normalized spacial score (nSPS) is 13.1. The summed E-state index contributed by atoms with van der Waals surface area (Å²) in [5.41, 5.74) is 5.11. The summed E-state index contributed by atoms with van der Waals surface area (Å²) >= 11 is 0. The Bertz CT molecular complexity index is 255. The van der Waals surface area contributed by atoms with E-state index in [0.717, 1.165) is 0 Å². The standard InChI is InChI=1S/C8H14F3N3O2/c1-2-5(6(15)13-4-3-12)14-7(16)8(9,10)11/h5H,2-4,12H2,1H3,(H,13,15)(H,14,16). The summed E-state index contributed by atoms with van der Waals surface area (Å²) in [5, 5.41) is 3.89. The molecule has 5 nitrogen and oxygen atoms in total. The minimum atomic E-state index is -4.98. The number of carbonyl (C=O) groups excluding carboxylic acids is 2. The van der Waals surface area contributed by atoms with E-state index in [1.54, 1.807) is 5.32 Å². The maximum Gasteiger partial charge on any atom is 0.471 e. The topological polar surface area (TPSA) is 84.2 Å². The number of hydrogen-bond acceptors (Lipinski definition) is 3. The Morgan fingerprint density at radius 2 is 1.94 bits per heavy atom. The molecule has 0 aromatic rings. The first-order valence-electron chi connectivity index (χ1n) is 4.68. The summed E-state index contributed by atoms with van der Waals surface area (Å²) < 4.78 is 35.7. The highest BCUT2D eigenvalue weighted by Gasteiger charge is 2.40. The molecule has 0 aromatic heterocycles. The fourth-order valence-corrected chi connectivity index (χ4v) is 0.912. The molecule has 2 amide bonds. The molecule has 94 valence electrons. The Balaban J connectivity index is 4.30. The van der Waals surface area contributed by atoms with Gasteiger partial charge in [0.05, 0.1) is 0 Å². The van der Waals surface area contributed by atoms with Gasteiger partial charge < -0.3 is 16.4 Å². The number of hydrogen-bond donors (Lipinski definition) is 3. The lowest BCUT2D eigenvalue weighted by Gasteiger charge is -2.17. The van der Waals surface area contributed by atoms with Gasteiger partial charge in [0, 0.05) is 13.1 Å². The molecule has 16 heavy (non-hydrogen) atoms. The van der Waals surface area contributed by atoms with Gasteiger partial charge in [-0.25, -0.2) is 0 Å². The zero-order chi connectivity index (χ0) is 12.8. The van der Waals surface area contributed by atoms with Crippen LogP contribution in [0.3, 0.4) is 0 Å². The zero-order valence-corrected chi connectivity index (χ0v) is 8.73.